The van der Waals surface area contributed by atoms with Crippen LogP contribution >= 0.6 is 11.8 Å². The van der Waals surface area contributed by atoms with E-state index in [0.717, 1.165) is 11.8 Å². The average Bonchev–Trinajstić information content (AvgIpc) is 2.72. The van der Waals surface area contributed by atoms with Gasteiger partial charge in [-0.2, -0.15) is 0 Å². The Morgan fingerprint density at radius 2 is 1.96 bits per heavy atom. The summed E-state index contributed by atoms with van der Waals surface area (Å²) in [5, 5.41) is -0.579. The molecule has 0 bridgehead atoms. The van der Waals surface area contributed by atoms with Crippen molar-refractivity contribution in [2.75, 3.05) is 6.61 Å². The van der Waals surface area contributed by atoms with Gasteiger partial charge in [-0.15, -0.1) is 0 Å². The van der Waals surface area contributed by atoms with Crippen molar-refractivity contribution in [1.29, 1.82) is 0 Å². The molecule has 7 nitrogen and oxygen atoms in total. The van der Waals surface area contributed by atoms with Gasteiger partial charge in [0.2, 0.25) is 0 Å². The molecule has 0 spiro atoms. The van der Waals surface area contributed by atoms with E-state index in [1.54, 1.807) is 34.6 Å². The van der Waals surface area contributed by atoms with Crippen LogP contribution in [0.25, 0.3) is 0 Å². The lowest BCUT2D eigenvalue weighted by Gasteiger charge is -2.28. The molecule has 0 aliphatic carbocycles. The minimum atomic E-state index is -0.964. The Bertz CT molecular complexity index is 526. The number of ether oxygens (including phenoxy) is 4. The summed E-state index contributed by atoms with van der Waals surface area (Å²) in [6, 6.07) is -0.964. The fourth-order valence-electron chi connectivity index (χ4n) is 1.61. The highest BCUT2D eigenvalue weighted by atomic mass is 32.2. The largest absolute Gasteiger partial charge is 0.462 e. The van der Waals surface area contributed by atoms with E-state index >= 15 is 0 Å². The summed E-state index contributed by atoms with van der Waals surface area (Å²) in [5.74, 6) is 0.446. The number of carbonyl (C=O) groups is 2. The summed E-state index contributed by atoms with van der Waals surface area (Å²) in [7, 11) is 0. The van der Waals surface area contributed by atoms with Crippen molar-refractivity contribution in [3.8, 4) is 0 Å². The van der Waals surface area contributed by atoms with Gasteiger partial charge in [-0.05, 0) is 53.0 Å². The molecule has 0 aromatic carbocycles. The van der Waals surface area contributed by atoms with Crippen molar-refractivity contribution in [2.24, 2.45) is 5.73 Å². The molecule has 1 aliphatic rings. The molecule has 1 aliphatic heterocycles. The van der Waals surface area contributed by atoms with E-state index in [4.69, 9.17) is 24.7 Å². The summed E-state index contributed by atoms with van der Waals surface area (Å²) < 4.78 is 19.5. The topological polar surface area (TPSA) is 97.1 Å². The Hall–Kier alpha value is -1.67. The van der Waals surface area contributed by atoms with Crippen LogP contribution in [-0.4, -0.2) is 34.8 Å². The van der Waals surface area contributed by atoms with Crippen molar-refractivity contribution < 1.29 is 28.5 Å². The van der Waals surface area contributed by atoms with Crippen LogP contribution in [0.2, 0.25) is 0 Å². The smallest absolute Gasteiger partial charge is 0.368 e. The molecule has 23 heavy (non-hydrogen) atoms. The molecule has 1 rings (SSSR count). The molecule has 2 N–H and O–H groups in total. The fraction of sp³-hybridized carbons (Fsp3) is 0.600. The number of nitrogens with two attached hydrogens (primary N) is 1. The lowest BCUT2D eigenvalue weighted by molar-refractivity contribution is -0.149. The maximum absolute atomic E-state index is 11.9. The minimum Gasteiger partial charge on any atom is -0.462 e. The minimum absolute atomic E-state index is 0.0849. The number of thioether (sulfide) groups is 1. The van der Waals surface area contributed by atoms with Gasteiger partial charge >= 0.3 is 11.3 Å². The summed E-state index contributed by atoms with van der Waals surface area (Å²) in [6.45, 7) is 11.9. The summed E-state index contributed by atoms with van der Waals surface area (Å²) >= 11 is 0.822. The SMILES string of the molecule is C=C1OC(C)=C(COC(=O)SC(C)(C)[C@@H](N)C(=O)OC(C)C)O1. The molecule has 0 amide bonds. The summed E-state index contributed by atoms with van der Waals surface area (Å²) in [5.41, 5.74) is 5.88. The summed E-state index contributed by atoms with van der Waals surface area (Å²) in [4.78, 5) is 23.8. The van der Waals surface area contributed by atoms with Crippen LogP contribution in [0.1, 0.15) is 34.6 Å². The van der Waals surface area contributed by atoms with Gasteiger partial charge in [0, 0.05) is 4.75 Å². The quantitative estimate of drug-likeness (QED) is 0.734. The van der Waals surface area contributed by atoms with Gasteiger partial charge < -0.3 is 24.7 Å². The lowest BCUT2D eigenvalue weighted by atomic mass is 10.0. The van der Waals surface area contributed by atoms with E-state index in [0.29, 0.717) is 11.5 Å². The van der Waals surface area contributed by atoms with Crippen molar-refractivity contribution in [3.63, 3.8) is 0 Å². The molecule has 0 unspecified atom stereocenters. The highest BCUT2D eigenvalue weighted by molar-refractivity contribution is 8.14. The Labute approximate surface area is 140 Å². The first-order valence-corrected chi connectivity index (χ1v) is 7.90. The first-order chi connectivity index (χ1) is 10.5. The van der Waals surface area contributed by atoms with Crippen molar-refractivity contribution >= 4 is 23.0 Å². The molecule has 0 aromatic heterocycles. The Morgan fingerprint density at radius 1 is 1.35 bits per heavy atom. The van der Waals surface area contributed by atoms with Crippen molar-refractivity contribution in [3.05, 3.63) is 24.0 Å². The molecule has 8 heteroatoms. The van der Waals surface area contributed by atoms with Crippen molar-refractivity contribution in [1.82, 2.24) is 0 Å². The lowest BCUT2D eigenvalue weighted by Crippen LogP contribution is -2.48. The van der Waals surface area contributed by atoms with Gasteiger partial charge in [0.1, 0.15) is 11.8 Å². The third-order valence-electron chi connectivity index (χ3n) is 2.92. The molecule has 130 valence electrons. The van der Waals surface area contributed by atoms with Crippen LogP contribution in [0.5, 0.6) is 0 Å². The predicted octanol–water partition coefficient (Wildman–Crippen LogP) is 2.66. The van der Waals surface area contributed by atoms with Crippen LogP contribution in [-0.2, 0) is 23.7 Å². The Balaban J connectivity index is 2.53. The highest BCUT2D eigenvalue weighted by Gasteiger charge is 2.37. The van der Waals surface area contributed by atoms with E-state index in [9.17, 15) is 9.59 Å². The second-order valence-corrected chi connectivity index (χ2v) is 7.35. The van der Waals surface area contributed by atoms with E-state index in [1.165, 1.54) is 0 Å². The molecular formula is C15H23NO6S. The second kappa shape index (κ2) is 7.74. The number of hydrogen-bond donors (Lipinski definition) is 1. The zero-order chi connectivity index (χ0) is 17.8. The Kier molecular flexibility index (Phi) is 6.52. The fourth-order valence-corrected chi connectivity index (χ4v) is 2.38. The summed E-state index contributed by atoms with van der Waals surface area (Å²) in [6.07, 6.45) is -0.274. The average molecular weight is 345 g/mol. The van der Waals surface area contributed by atoms with Gasteiger partial charge in [0.05, 0.1) is 6.10 Å². The molecule has 0 aromatic rings. The molecule has 1 heterocycles. The second-order valence-electron chi connectivity index (χ2n) is 5.76. The standard InChI is InChI=1S/C15H23NO6S/c1-8(2)20-13(17)12(16)15(5,6)23-14(18)19-7-11-9(3)21-10(4)22-11/h8,12H,4,7,16H2,1-3,5-6H3/t12-/m0/s1. The van der Waals surface area contributed by atoms with Crippen LogP contribution in [0.4, 0.5) is 4.79 Å². The van der Waals surface area contributed by atoms with Gasteiger partial charge in [-0.1, -0.05) is 0 Å². The van der Waals surface area contributed by atoms with Gasteiger partial charge in [-0.25, -0.2) is 4.79 Å². The van der Waals surface area contributed by atoms with Crippen LogP contribution in [0, 0.1) is 0 Å². The number of carbonyl (C=O) groups excluding carboxylic acids is 2. The van der Waals surface area contributed by atoms with Crippen LogP contribution in [0.15, 0.2) is 24.0 Å². The molecule has 0 saturated heterocycles. The molecule has 0 radical (unpaired) electrons. The number of rotatable bonds is 6. The Morgan fingerprint density at radius 3 is 2.43 bits per heavy atom. The van der Waals surface area contributed by atoms with Gasteiger partial charge in [0.25, 0.3) is 5.95 Å². The number of esters is 1. The number of hydrogen-bond acceptors (Lipinski definition) is 8. The van der Waals surface area contributed by atoms with E-state index in [2.05, 4.69) is 6.58 Å². The molecule has 0 saturated carbocycles. The number of allylic oxidation sites excluding steroid dienone is 1. The zero-order valence-corrected chi connectivity index (χ0v) is 14.8. The first kappa shape index (κ1) is 19.4. The van der Waals surface area contributed by atoms with Gasteiger partial charge in [0.15, 0.2) is 12.4 Å². The van der Waals surface area contributed by atoms with E-state index in [1.807, 2.05) is 0 Å². The third-order valence-corrected chi connectivity index (χ3v) is 3.98. The molecule has 0 fully saturated rings. The van der Waals surface area contributed by atoms with Crippen LogP contribution in [0.3, 0.4) is 0 Å². The maximum Gasteiger partial charge on any atom is 0.368 e. The van der Waals surface area contributed by atoms with Gasteiger partial charge in [-0.3, -0.25) is 4.79 Å². The van der Waals surface area contributed by atoms with E-state index in [-0.39, 0.29) is 18.7 Å². The molecule has 1 atom stereocenters. The first-order valence-electron chi connectivity index (χ1n) is 7.09. The maximum atomic E-state index is 11.9. The normalized spacial score (nSPS) is 16.0. The zero-order valence-electron chi connectivity index (χ0n) is 14.0. The highest BCUT2D eigenvalue weighted by Crippen LogP contribution is 2.30. The predicted molar refractivity (Wildman–Crippen MR) is 86.2 cm³/mol. The third kappa shape index (κ3) is 5.80. The monoisotopic (exact) mass is 345 g/mol. The van der Waals surface area contributed by atoms with Crippen molar-refractivity contribution in [2.45, 2.75) is 51.5 Å². The van der Waals surface area contributed by atoms with E-state index < -0.39 is 22.1 Å². The van der Waals surface area contributed by atoms with Crippen LogP contribution < -0.4 is 5.73 Å². The molecular weight excluding hydrogens is 322 g/mol.